The number of halogens is 3. The second-order valence-electron chi connectivity index (χ2n) is 7.48. The highest BCUT2D eigenvalue weighted by molar-refractivity contribution is 5.94. The van der Waals surface area contributed by atoms with Gasteiger partial charge in [0.2, 0.25) is 5.91 Å². The smallest absolute Gasteiger partial charge is 0.367 e. The Kier molecular flexibility index (Phi) is 8.12. The molecule has 1 aromatic carbocycles. The molecule has 0 saturated carbocycles. The molecule has 0 aromatic heterocycles. The number of benzene rings is 1. The molecule has 0 spiro atoms. The third-order valence-corrected chi connectivity index (χ3v) is 5.06. The second kappa shape index (κ2) is 10.1. The first-order valence-electron chi connectivity index (χ1n) is 9.84. The highest BCUT2D eigenvalue weighted by atomic mass is 19.4. The highest BCUT2D eigenvalue weighted by Gasteiger charge is 2.32. The summed E-state index contributed by atoms with van der Waals surface area (Å²) in [7, 11) is 3.96. The molecule has 1 heterocycles. The number of nitrogens with zero attached hydrogens (tertiary/aromatic N) is 3. The van der Waals surface area contributed by atoms with Gasteiger partial charge in [-0.2, -0.15) is 13.2 Å². The standard InChI is InChI=1S/C20H31F3N4O/c1-4-5-9-25(2)10-8-19(28)24-17-15-16(20(21,22)23)6-7-18(17)27-13-11-26(3)12-14-27/h6-7,15H,4-5,8-14H2,1-3H3,(H,24,28). The van der Waals surface area contributed by atoms with Gasteiger partial charge in [-0.05, 0) is 45.3 Å². The average Bonchev–Trinajstić information content (AvgIpc) is 2.64. The molecule has 2 rings (SSSR count). The van der Waals surface area contributed by atoms with Gasteiger partial charge in [-0.1, -0.05) is 13.3 Å². The summed E-state index contributed by atoms with van der Waals surface area (Å²) in [4.78, 5) is 18.7. The van der Waals surface area contributed by atoms with Crippen LogP contribution in [0, 0.1) is 0 Å². The number of likely N-dealkylation sites (N-methyl/N-ethyl adjacent to an activating group) is 1. The fourth-order valence-corrected chi connectivity index (χ4v) is 3.18. The Balaban J connectivity index is 2.11. The molecule has 28 heavy (non-hydrogen) atoms. The summed E-state index contributed by atoms with van der Waals surface area (Å²) in [6.07, 6.45) is -2.06. The predicted molar refractivity (Wildman–Crippen MR) is 107 cm³/mol. The van der Waals surface area contributed by atoms with Crippen molar-refractivity contribution in [2.75, 3.05) is 63.6 Å². The van der Waals surface area contributed by atoms with Crippen molar-refractivity contribution in [3.63, 3.8) is 0 Å². The highest BCUT2D eigenvalue weighted by Crippen LogP contribution is 2.35. The largest absolute Gasteiger partial charge is 0.416 e. The summed E-state index contributed by atoms with van der Waals surface area (Å²) < 4.78 is 39.5. The third-order valence-electron chi connectivity index (χ3n) is 5.06. The van der Waals surface area contributed by atoms with Crippen LogP contribution in [0.5, 0.6) is 0 Å². The van der Waals surface area contributed by atoms with Gasteiger partial charge in [-0.25, -0.2) is 0 Å². The van der Waals surface area contributed by atoms with Crippen molar-refractivity contribution in [2.24, 2.45) is 0 Å². The number of nitrogens with one attached hydrogen (secondary N) is 1. The number of piperazine rings is 1. The molecule has 0 aliphatic carbocycles. The summed E-state index contributed by atoms with van der Waals surface area (Å²) in [5, 5.41) is 2.72. The average molecular weight is 400 g/mol. The molecule has 0 atom stereocenters. The van der Waals surface area contributed by atoms with E-state index in [1.165, 1.54) is 6.07 Å². The molecular weight excluding hydrogens is 369 g/mol. The quantitative estimate of drug-likeness (QED) is 0.725. The molecule has 1 aliphatic heterocycles. The Morgan fingerprint density at radius 2 is 1.86 bits per heavy atom. The molecule has 8 heteroatoms. The number of unbranched alkanes of at least 4 members (excludes halogenated alkanes) is 1. The van der Waals surface area contributed by atoms with E-state index in [-0.39, 0.29) is 18.0 Å². The first kappa shape index (κ1) is 22.5. The Bertz CT molecular complexity index is 643. The minimum Gasteiger partial charge on any atom is -0.367 e. The Morgan fingerprint density at radius 3 is 2.46 bits per heavy atom. The zero-order valence-corrected chi connectivity index (χ0v) is 17.0. The van der Waals surface area contributed by atoms with E-state index in [0.29, 0.717) is 25.3 Å². The monoisotopic (exact) mass is 400 g/mol. The molecule has 1 saturated heterocycles. The molecule has 1 amide bonds. The van der Waals surface area contributed by atoms with Gasteiger partial charge in [0.25, 0.3) is 0 Å². The minimum atomic E-state index is -4.44. The normalized spacial score (nSPS) is 15.9. The molecule has 0 unspecified atom stereocenters. The first-order chi connectivity index (χ1) is 13.2. The molecule has 0 bridgehead atoms. The number of carbonyl (C=O) groups is 1. The summed E-state index contributed by atoms with van der Waals surface area (Å²) >= 11 is 0. The number of anilines is 2. The molecular formula is C20H31F3N4O. The summed E-state index contributed by atoms with van der Waals surface area (Å²) in [5.74, 6) is -0.266. The second-order valence-corrected chi connectivity index (χ2v) is 7.48. The van der Waals surface area contributed by atoms with Crippen LogP contribution in [0.3, 0.4) is 0 Å². The van der Waals surface area contributed by atoms with Gasteiger partial charge >= 0.3 is 6.18 Å². The van der Waals surface area contributed by atoms with Crippen molar-refractivity contribution in [3.8, 4) is 0 Å². The Morgan fingerprint density at radius 1 is 1.18 bits per heavy atom. The molecule has 1 aromatic rings. The van der Waals surface area contributed by atoms with Crippen LogP contribution in [-0.4, -0.2) is 69.1 Å². The zero-order valence-electron chi connectivity index (χ0n) is 17.0. The number of rotatable bonds is 8. The topological polar surface area (TPSA) is 38.8 Å². The molecule has 0 radical (unpaired) electrons. The van der Waals surface area contributed by atoms with Crippen molar-refractivity contribution in [3.05, 3.63) is 23.8 Å². The van der Waals surface area contributed by atoms with E-state index >= 15 is 0 Å². The fraction of sp³-hybridized carbons (Fsp3) is 0.650. The maximum Gasteiger partial charge on any atom is 0.416 e. The van der Waals surface area contributed by atoms with Crippen LogP contribution < -0.4 is 10.2 Å². The van der Waals surface area contributed by atoms with Gasteiger partial charge < -0.3 is 20.0 Å². The van der Waals surface area contributed by atoms with Crippen molar-refractivity contribution in [2.45, 2.75) is 32.4 Å². The molecule has 158 valence electrons. The van der Waals surface area contributed by atoms with Crippen LogP contribution in [0.15, 0.2) is 18.2 Å². The summed E-state index contributed by atoms with van der Waals surface area (Å²) in [6, 6.07) is 3.60. The van der Waals surface area contributed by atoms with E-state index in [9.17, 15) is 18.0 Å². The summed E-state index contributed by atoms with van der Waals surface area (Å²) in [6.45, 7) is 6.67. The van der Waals surface area contributed by atoms with E-state index in [2.05, 4.69) is 22.0 Å². The van der Waals surface area contributed by atoms with E-state index in [1.807, 2.05) is 19.0 Å². The SMILES string of the molecule is CCCCN(C)CCC(=O)Nc1cc(C(F)(F)F)ccc1N1CCN(C)CC1. The van der Waals surface area contributed by atoms with Crippen LogP contribution in [0.1, 0.15) is 31.7 Å². The molecule has 1 N–H and O–H groups in total. The lowest BCUT2D eigenvalue weighted by Gasteiger charge is -2.35. The lowest BCUT2D eigenvalue weighted by atomic mass is 10.1. The Hall–Kier alpha value is -1.80. The van der Waals surface area contributed by atoms with E-state index in [0.717, 1.165) is 44.6 Å². The van der Waals surface area contributed by atoms with Crippen LogP contribution in [-0.2, 0) is 11.0 Å². The van der Waals surface area contributed by atoms with Gasteiger partial charge in [0.05, 0.1) is 16.9 Å². The van der Waals surface area contributed by atoms with Crippen LogP contribution in [0.25, 0.3) is 0 Å². The lowest BCUT2D eigenvalue weighted by Crippen LogP contribution is -2.44. The van der Waals surface area contributed by atoms with Gasteiger partial charge in [-0.15, -0.1) is 0 Å². The number of carbonyl (C=O) groups excluding carboxylic acids is 1. The number of amides is 1. The molecule has 1 aliphatic rings. The van der Waals surface area contributed by atoms with Crippen LogP contribution >= 0.6 is 0 Å². The fourth-order valence-electron chi connectivity index (χ4n) is 3.18. The summed E-state index contributed by atoms with van der Waals surface area (Å²) in [5.41, 5.74) is 0.134. The minimum absolute atomic E-state index is 0.237. The van der Waals surface area contributed by atoms with Crippen molar-refractivity contribution in [1.29, 1.82) is 0 Å². The van der Waals surface area contributed by atoms with Gasteiger partial charge in [0.15, 0.2) is 0 Å². The van der Waals surface area contributed by atoms with Gasteiger partial charge in [0, 0.05) is 39.1 Å². The predicted octanol–water partition coefficient (Wildman–Crippen LogP) is 3.52. The number of hydrogen-bond donors (Lipinski definition) is 1. The van der Waals surface area contributed by atoms with E-state index < -0.39 is 11.7 Å². The van der Waals surface area contributed by atoms with Gasteiger partial charge in [-0.3, -0.25) is 4.79 Å². The maximum absolute atomic E-state index is 13.2. The number of hydrogen-bond acceptors (Lipinski definition) is 4. The van der Waals surface area contributed by atoms with Crippen molar-refractivity contribution in [1.82, 2.24) is 9.80 Å². The van der Waals surface area contributed by atoms with Crippen molar-refractivity contribution < 1.29 is 18.0 Å². The lowest BCUT2D eigenvalue weighted by molar-refractivity contribution is -0.137. The van der Waals surface area contributed by atoms with Gasteiger partial charge in [0.1, 0.15) is 0 Å². The Labute approximate surface area is 165 Å². The van der Waals surface area contributed by atoms with Crippen LogP contribution in [0.2, 0.25) is 0 Å². The molecule has 1 fully saturated rings. The molecule has 5 nitrogen and oxygen atoms in total. The third kappa shape index (κ3) is 6.67. The van der Waals surface area contributed by atoms with E-state index in [4.69, 9.17) is 0 Å². The van der Waals surface area contributed by atoms with Crippen LogP contribution in [0.4, 0.5) is 24.5 Å². The first-order valence-corrected chi connectivity index (χ1v) is 9.84. The van der Waals surface area contributed by atoms with E-state index in [1.54, 1.807) is 0 Å². The number of alkyl halides is 3. The van der Waals surface area contributed by atoms with Crippen molar-refractivity contribution >= 4 is 17.3 Å². The zero-order chi connectivity index (χ0) is 20.7. The maximum atomic E-state index is 13.2.